The Balaban J connectivity index is 0.725. The number of aromatic nitrogens is 4. The van der Waals surface area contributed by atoms with Crippen molar-refractivity contribution in [3.8, 4) is 78.4 Å². The zero-order valence-electron chi connectivity index (χ0n) is 39.0. The number of hydrogen-bond donors (Lipinski definition) is 0. The van der Waals surface area contributed by atoms with Crippen LogP contribution >= 0.6 is 0 Å². The molecular formula is C68H42N4. The van der Waals surface area contributed by atoms with Gasteiger partial charge in [-0.25, -0.2) is 19.9 Å². The number of rotatable bonds is 7. The Hall–Kier alpha value is -9.64. The second-order valence-corrected chi connectivity index (χ2v) is 18.6. The molecule has 0 amide bonds. The van der Waals surface area contributed by atoms with E-state index in [-0.39, 0.29) is 0 Å². The molecule has 0 N–H and O–H groups in total. The van der Waals surface area contributed by atoms with Crippen molar-refractivity contribution in [3.05, 3.63) is 255 Å². The summed E-state index contributed by atoms with van der Waals surface area (Å²) in [5.74, 6) is 0. The first-order chi connectivity index (χ1) is 35.6. The molecule has 0 atom stereocenters. The summed E-state index contributed by atoms with van der Waals surface area (Å²) < 4.78 is 0. The first-order valence-corrected chi connectivity index (χ1v) is 24.4. The van der Waals surface area contributed by atoms with Gasteiger partial charge in [-0.2, -0.15) is 0 Å². The van der Waals surface area contributed by atoms with E-state index in [1.165, 1.54) is 32.7 Å². The molecule has 4 aromatic heterocycles. The summed E-state index contributed by atoms with van der Waals surface area (Å²) in [5.41, 5.74) is 18.7. The first kappa shape index (κ1) is 41.3. The minimum atomic E-state index is 0.905. The van der Waals surface area contributed by atoms with Gasteiger partial charge >= 0.3 is 0 Å². The fourth-order valence-electron chi connectivity index (χ4n) is 10.5. The molecule has 0 saturated heterocycles. The maximum atomic E-state index is 5.25. The molecule has 4 nitrogen and oxygen atoms in total. The Morgan fingerprint density at radius 2 is 0.472 bits per heavy atom. The fourth-order valence-corrected chi connectivity index (χ4v) is 10.5. The quantitative estimate of drug-likeness (QED) is 0.150. The largest absolute Gasteiger partial charge is 0.245 e. The molecule has 0 radical (unpaired) electrons. The molecule has 0 spiro atoms. The van der Waals surface area contributed by atoms with Crippen LogP contribution in [-0.2, 0) is 0 Å². The van der Waals surface area contributed by atoms with Crippen LogP contribution in [-0.4, -0.2) is 19.9 Å². The minimum Gasteiger partial charge on any atom is -0.245 e. The third-order valence-electron chi connectivity index (χ3n) is 14.3. The van der Waals surface area contributed by atoms with E-state index in [0.29, 0.717) is 0 Å². The Morgan fingerprint density at radius 3 is 0.875 bits per heavy atom. The highest BCUT2D eigenvalue weighted by atomic mass is 14.8. The van der Waals surface area contributed by atoms with Crippen molar-refractivity contribution in [2.75, 3.05) is 0 Å². The monoisotopic (exact) mass is 914 g/mol. The van der Waals surface area contributed by atoms with Gasteiger partial charge in [0.25, 0.3) is 0 Å². The third kappa shape index (κ3) is 7.33. The van der Waals surface area contributed by atoms with E-state index < -0.39 is 0 Å². The predicted molar refractivity (Wildman–Crippen MR) is 301 cm³/mol. The fraction of sp³-hybridized carbons (Fsp3) is 0. The van der Waals surface area contributed by atoms with Crippen LogP contribution in [0.1, 0.15) is 0 Å². The van der Waals surface area contributed by atoms with Gasteiger partial charge in [0.15, 0.2) is 0 Å². The number of pyridine rings is 4. The number of nitrogens with zero attached hydrogens (tertiary/aromatic N) is 4. The number of benzene rings is 10. The lowest BCUT2D eigenvalue weighted by atomic mass is 9.95. The lowest BCUT2D eigenvalue weighted by Crippen LogP contribution is -1.91. The highest BCUT2D eigenvalue weighted by molar-refractivity contribution is 6.07. The van der Waals surface area contributed by atoms with E-state index in [2.05, 4.69) is 255 Å². The lowest BCUT2D eigenvalue weighted by molar-refractivity contribution is 1.37. The summed E-state index contributed by atoms with van der Waals surface area (Å²) in [6.07, 6.45) is 0. The van der Waals surface area contributed by atoms with Gasteiger partial charge in [0.1, 0.15) is 0 Å². The van der Waals surface area contributed by atoms with Crippen LogP contribution in [0.4, 0.5) is 0 Å². The van der Waals surface area contributed by atoms with Crippen LogP contribution < -0.4 is 0 Å². The second kappa shape index (κ2) is 17.1. The molecule has 10 aromatic carbocycles. The van der Waals surface area contributed by atoms with E-state index in [1.807, 2.05) is 0 Å². The topological polar surface area (TPSA) is 51.6 Å². The highest BCUT2D eigenvalue weighted by Gasteiger charge is 2.14. The molecule has 72 heavy (non-hydrogen) atoms. The van der Waals surface area contributed by atoms with Gasteiger partial charge in [0, 0.05) is 43.8 Å². The summed E-state index contributed by atoms with van der Waals surface area (Å²) in [6, 6.07) is 90.6. The van der Waals surface area contributed by atoms with E-state index in [9.17, 15) is 0 Å². The van der Waals surface area contributed by atoms with Crippen molar-refractivity contribution < 1.29 is 0 Å². The van der Waals surface area contributed by atoms with Crippen molar-refractivity contribution in [2.24, 2.45) is 0 Å². The molecular weight excluding hydrogens is 873 g/mol. The summed E-state index contributed by atoms with van der Waals surface area (Å²) in [6.45, 7) is 0. The minimum absolute atomic E-state index is 0.905. The second-order valence-electron chi connectivity index (χ2n) is 18.6. The first-order valence-electron chi connectivity index (χ1n) is 24.4. The summed E-state index contributed by atoms with van der Waals surface area (Å²) in [4.78, 5) is 21.0. The molecule has 0 fully saturated rings. The molecule has 0 aliphatic rings. The third-order valence-corrected chi connectivity index (χ3v) is 14.3. The summed E-state index contributed by atoms with van der Waals surface area (Å²) in [5, 5.41) is 9.08. The molecule has 14 aromatic rings. The predicted octanol–water partition coefficient (Wildman–Crippen LogP) is 17.9. The van der Waals surface area contributed by atoms with Crippen LogP contribution in [0, 0.1) is 0 Å². The SMILES string of the molecule is c1cc(-c2ccc(-c3ccc4ccc5ccc(-c6cccc7ccccc67)nc5c4n3)cc2)cc(-c2cccc(-c3ccc(-c4ccc5ccc6ccc(-c7cccc8ccccc78)nc6c5n4)cc3)c2)c1. The normalized spacial score (nSPS) is 11.6. The summed E-state index contributed by atoms with van der Waals surface area (Å²) in [7, 11) is 0. The van der Waals surface area contributed by atoms with Gasteiger partial charge in [-0.15, -0.1) is 0 Å². The Labute approximate surface area is 416 Å². The molecule has 14 rings (SSSR count). The van der Waals surface area contributed by atoms with Crippen LogP contribution in [0.15, 0.2) is 255 Å². The maximum absolute atomic E-state index is 5.25. The van der Waals surface area contributed by atoms with Crippen molar-refractivity contribution in [2.45, 2.75) is 0 Å². The van der Waals surface area contributed by atoms with Crippen LogP contribution in [0.2, 0.25) is 0 Å². The van der Waals surface area contributed by atoms with Crippen molar-refractivity contribution >= 4 is 65.2 Å². The van der Waals surface area contributed by atoms with Gasteiger partial charge in [-0.3, -0.25) is 0 Å². The molecule has 0 saturated carbocycles. The molecule has 0 aliphatic carbocycles. The molecule has 0 aliphatic heterocycles. The van der Waals surface area contributed by atoms with E-state index in [1.54, 1.807) is 0 Å². The average molecular weight is 915 g/mol. The number of hydrogen-bond acceptors (Lipinski definition) is 4. The van der Waals surface area contributed by atoms with Crippen LogP contribution in [0.25, 0.3) is 144 Å². The molecule has 4 heteroatoms. The van der Waals surface area contributed by atoms with Gasteiger partial charge in [0.05, 0.1) is 44.8 Å². The molecule has 0 bridgehead atoms. The summed E-state index contributed by atoms with van der Waals surface area (Å²) >= 11 is 0. The Morgan fingerprint density at radius 1 is 0.181 bits per heavy atom. The van der Waals surface area contributed by atoms with E-state index in [0.717, 1.165) is 111 Å². The van der Waals surface area contributed by atoms with Crippen LogP contribution in [0.5, 0.6) is 0 Å². The zero-order valence-corrected chi connectivity index (χ0v) is 39.0. The molecule has 4 heterocycles. The molecule has 334 valence electrons. The Kier molecular flexibility index (Phi) is 9.82. The number of fused-ring (bicyclic) bond motifs is 8. The van der Waals surface area contributed by atoms with Gasteiger partial charge in [0.2, 0.25) is 0 Å². The van der Waals surface area contributed by atoms with Crippen molar-refractivity contribution in [3.63, 3.8) is 0 Å². The highest BCUT2D eigenvalue weighted by Crippen LogP contribution is 2.36. The van der Waals surface area contributed by atoms with Crippen molar-refractivity contribution in [1.82, 2.24) is 19.9 Å². The van der Waals surface area contributed by atoms with E-state index >= 15 is 0 Å². The standard InChI is InChI=1S/C68H42N4/c1-3-17-57-45(9-1)11-7-19-59(57)63-39-35-51-31-29-49-33-37-61(69-65(49)67(51)71-63)47-25-21-43(22-26-47)53-13-5-15-55(41-53)56-16-6-14-54(42-56)44-23-27-48(28-24-44)62-38-34-50-30-32-52-36-40-64(72-68(52)66(50)70-62)60-20-8-12-46-10-2-4-18-58(46)60/h1-42H. The Bertz CT molecular complexity index is 4150. The van der Waals surface area contributed by atoms with Crippen molar-refractivity contribution in [1.29, 1.82) is 0 Å². The molecule has 0 unspecified atom stereocenters. The maximum Gasteiger partial charge on any atom is 0.0972 e. The van der Waals surface area contributed by atoms with Gasteiger partial charge < -0.3 is 0 Å². The van der Waals surface area contributed by atoms with Crippen LogP contribution in [0.3, 0.4) is 0 Å². The lowest BCUT2D eigenvalue weighted by Gasteiger charge is -2.11. The average Bonchev–Trinajstić information content (AvgIpc) is 3.46. The van der Waals surface area contributed by atoms with Gasteiger partial charge in [-0.1, -0.05) is 218 Å². The zero-order chi connectivity index (χ0) is 47.5. The van der Waals surface area contributed by atoms with E-state index in [4.69, 9.17) is 19.9 Å². The van der Waals surface area contributed by atoms with Gasteiger partial charge in [-0.05, 0) is 91.3 Å². The smallest absolute Gasteiger partial charge is 0.0972 e.